The van der Waals surface area contributed by atoms with E-state index >= 15 is 0 Å². The fourth-order valence-electron chi connectivity index (χ4n) is 3.43. The summed E-state index contributed by atoms with van der Waals surface area (Å²) in [5.74, 6) is 0.518. The highest BCUT2D eigenvalue weighted by atomic mass is 16.5. The van der Waals surface area contributed by atoms with E-state index in [1.807, 2.05) is 0 Å². The van der Waals surface area contributed by atoms with Crippen molar-refractivity contribution >= 4 is 5.97 Å². The molecule has 2 aliphatic rings. The zero-order valence-electron chi connectivity index (χ0n) is 9.66. The molecule has 2 atom stereocenters. The van der Waals surface area contributed by atoms with Gasteiger partial charge in [0.15, 0.2) is 0 Å². The van der Waals surface area contributed by atoms with Gasteiger partial charge in [0.1, 0.15) is 0 Å². The van der Waals surface area contributed by atoms with E-state index in [-0.39, 0.29) is 17.3 Å². The average Bonchev–Trinajstić information content (AvgIpc) is 2.66. The predicted molar refractivity (Wildman–Crippen MR) is 59.3 cm³/mol. The lowest BCUT2D eigenvalue weighted by Gasteiger charge is -2.39. The Morgan fingerprint density at radius 2 is 2.07 bits per heavy atom. The number of methoxy groups -OCH3 is 1. The first-order valence-corrected chi connectivity index (χ1v) is 5.95. The second-order valence-corrected chi connectivity index (χ2v) is 5.06. The minimum Gasteiger partial charge on any atom is -0.469 e. The minimum atomic E-state index is -0.00579. The van der Waals surface area contributed by atoms with Crippen LogP contribution in [0.2, 0.25) is 0 Å². The Labute approximate surface area is 91.7 Å². The minimum absolute atomic E-state index is 0.00579. The summed E-state index contributed by atoms with van der Waals surface area (Å²) in [7, 11) is 1.51. The molecular formula is C13H20O2. The van der Waals surface area contributed by atoms with Gasteiger partial charge in [0.25, 0.3) is 0 Å². The van der Waals surface area contributed by atoms with E-state index < -0.39 is 0 Å². The van der Waals surface area contributed by atoms with Crippen LogP contribution >= 0.6 is 0 Å². The molecule has 0 heterocycles. The Morgan fingerprint density at radius 3 is 2.67 bits per heavy atom. The van der Waals surface area contributed by atoms with Crippen LogP contribution in [0, 0.1) is 17.3 Å². The molecule has 2 heteroatoms. The monoisotopic (exact) mass is 208 g/mol. The highest BCUT2D eigenvalue weighted by molar-refractivity contribution is 5.74. The summed E-state index contributed by atoms with van der Waals surface area (Å²) in [6.45, 7) is 2.17. The maximum atomic E-state index is 11.9. The fraction of sp³-hybridized carbons (Fsp3) is 0.769. The fourth-order valence-corrected chi connectivity index (χ4v) is 3.43. The Morgan fingerprint density at radius 1 is 1.40 bits per heavy atom. The SMILES string of the molecule is COC(=O)[C@H]1[C@@H](C)CC=CC12CCCC2. The van der Waals surface area contributed by atoms with Gasteiger partial charge < -0.3 is 4.74 Å². The molecule has 1 saturated carbocycles. The molecule has 0 amide bonds. The van der Waals surface area contributed by atoms with Gasteiger partial charge in [-0.25, -0.2) is 0 Å². The van der Waals surface area contributed by atoms with Crippen molar-refractivity contribution in [2.75, 3.05) is 7.11 Å². The third kappa shape index (κ3) is 1.70. The van der Waals surface area contributed by atoms with Crippen LogP contribution in [0.4, 0.5) is 0 Å². The summed E-state index contributed by atoms with van der Waals surface area (Å²) in [6, 6.07) is 0. The van der Waals surface area contributed by atoms with E-state index in [0.29, 0.717) is 5.92 Å². The first-order chi connectivity index (χ1) is 7.19. The molecule has 15 heavy (non-hydrogen) atoms. The maximum Gasteiger partial charge on any atom is 0.309 e. The van der Waals surface area contributed by atoms with Gasteiger partial charge in [0.05, 0.1) is 13.0 Å². The molecule has 0 unspecified atom stereocenters. The summed E-state index contributed by atoms with van der Waals surface area (Å²) in [5.41, 5.74) is 0.130. The molecule has 1 spiro atoms. The second-order valence-electron chi connectivity index (χ2n) is 5.06. The van der Waals surface area contributed by atoms with Crippen LogP contribution in [0.5, 0.6) is 0 Å². The van der Waals surface area contributed by atoms with Crippen molar-refractivity contribution in [2.24, 2.45) is 17.3 Å². The molecule has 0 aromatic heterocycles. The van der Waals surface area contributed by atoms with E-state index in [9.17, 15) is 4.79 Å². The molecule has 0 aliphatic heterocycles. The van der Waals surface area contributed by atoms with E-state index in [1.165, 1.54) is 20.0 Å². The molecule has 84 valence electrons. The molecule has 0 aromatic carbocycles. The number of carbonyl (C=O) groups is 1. The average molecular weight is 208 g/mol. The van der Waals surface area contributed by atoms with Gasteiger partial charge in [0, 0.05) is 5.41 Å². The van der Waals surface area contributed by atoms with Gasteiger partial charge in [0.2, 0.25) is 0 Å². The lowest BCUT2D eigenvalue weighted by molar-refractivity contribution is -0.152. The molecular weight excluding hydrogens is 188 g/mol. The number of allylic oxidation sites excluding steroid dienone is 2. The second kappa shape index (κ2) is 3.99. The number of hydrogen-bond donors (Lipinski definition) is 0. The van der Waals surface area contributed by atoms with Crippen LogP contribution in [-0.2, 0) is 9.53 Å². The van der Waals surface area contributed by atoms with Crippen molar-refractivity contribution in [1.29, 1.82) is 0 Å². The topological polar surface area (TPSA) is 26.3 Å². The van der Waals surface area contributed by atoms with Crippen LogP contribution in [0.25, 0.3) is 0 Å². The van der Waals surface area contributed by atoms with E-state index in [4.69, 9.17) is 4.74 Å². The Bertz CT molecular complexity index is 274. The van der Waals surface area contributed by atoms with Crippen LogP contribution in [0.3, 0.4) is 0 Å². The number of esters is 1. The van der Waals surface area contributed by atoms with Crippen molar-refractivity contribution in [1.82, 2.24) is 0 Å². The zero-order chi connectivity index (χ0) is 10.9. The maximum absolute atomic E-state index is 11.9. The number of ether oxygens (including phenoxy) is 1. The molecule has 0 saturated heterocycles. The molecule has 0 radical (unpaired) electrons. The summed E-state index contributed by atoms with van der Waals surface area (Å²) < 4.78 is 4.97. The summed E-state index contributed by atoms with van der Waals surface area (Å²) >= 11 is 0. The van der Waals surface area contributed by atoms with Crippen molar-refractivity contribution in [3.8, 4) is 0 Å². The van der Waals surface area contributed by atoms with Gasteiger partial charge in [-0.1, -0.05) is 31.9 Å². The van der Waals surface area contributed by atoms with E-state index in [1.54, 1.807) is 0 Å². The Balaban J connectivity index is 2.29. The summed E-state index contributed by atoms with van der Waals surface area (Å²) in [4.78, 5) is 11.9. The molecule has 2 nitrogen and oxygen atoms in total. The van der Waals surface area contributed by atoms with Crippen molar-refractivity contribution in [3.63, 3.8) is 0 Å². The highest BCUT2D eigenvalue weighted by Gasteiger charge is 2.47. The van der Waals surface area contributed by atoms with Crippen LogP contribution < -0.4 is 0 Å². The van der Waals surface area contributed by atoms with Gasteiger partial charge in [-0.15, -0.1) is 0 Å². The molecule has 2 aliphatic carbocycles. The largest absolute Gasteiger partial charge is 0.469 e. The smallest absolute Gasteiger partial charge is 0.309 e. The van der Waals surface area contributed by atoms with Crippen LogP contribution in [0.15, 0.2) is 12.2 Å². The molecule has 1 fully saturated rings. The van der Waals surface area contributed by atoms with Gasteiger partial charge in [-0.05, 0) is 25.2 Å². The molecule has 2 rings (SSSR count). The van der Waals surface area contributed by atoms with E-state index in [0.717, 1.165) is 19.3 Å². The lowest BCUT2D eigenvalue weighted by atomic mass is 9.64. The molecule has 0 N–H and O–H groups in total. The molecule has 0 bridgehead atoms. The number of rotatable bonds is 1. The van der Waals surface area contributed by atoms with Crippen LogP contribution in [-0.4, -0.2) is 13.1 Å². The molecule has 0 aromatic rings. The van der Waals surface area contributed by atoms with Crippen molar-refractivity contribution < 1.29 is 9.53 Å². The first kappa shape index (κ1) is 10.7. The zero-order valence-corrected chi connectivity index (χ0v) is 9.66. The Kier molecular flexibility index (Phi) is 2.85. The predicted octanol–water partition coefficient (Wildman–Crippen LogP) is 2.93. The van der Waals surface area contributed by atoms with Gasteiger partial charge in [-0.2, -0.15) is 0 Å². The Hall–Kier alpha value is -0.790. The highest BCUT2D eigenvalue weighted by Crippen LogP contribution is 2.51. The van der Waals surface area contributed by atoms with Crippen molar-refractivity contribution in [3.05, 3.63) is 12.2 Å². The number of carbonyl (C=O) groups excluding carboxylic acids is 1. The van der Waals surface area contributed by atoms with E-state index in [2.05, 4.69) is 19.1 Å². The van der Waals surface area contributed by atoms with Gasteiger partial charge in [-0.3, -0.25) is 4.79 Å². The van der Waals surface area contributed by atoms with Gasteiger partial charge >= 0.3 is 5.97 Å². The van der Waals surface area contributed by atoms with Crippen molar-refractivity contribution in [2.45, 2.75) is 39.0 Å². The third-order valence-corrected chi connectivity index (χ3v) is 4.14. The standard InChI is InChI=1S/C13H20O2/c1-10-6-5-9-13(7-3-4-8-13)11(10)12(14)15-2/h5,9-11H,3-4,6-8H2,1-2H3/t10-,11+/m0/s1. The quantitative estimate of drug-likeness (QED) is 0.489. The lowest BCUT2D eigenvalue weighted by Crippen LogP contribution is -2.39. The van der Waals surface area contributed by atoms with Crippen LogP contribution in [0.1, 0.15) is 39.0 Å². The summed E-state index contributed by atoms with van der Waals surface area (Å²) in [5, 5.41) is 0. The first-order valence-electron chi connectivity index (χ1n) is 5.95. The summed E-state index contributed by atoms with van der Waals surface area (Å²) in [6.07, 6.45) is 10.4. The third-order valence-electron chi connectivity index (χ3n) is 4.14. The normalized spacial score (nSPS) is 33.2. The number of hydrogen-bond acceptors (Lipinski definition) is 2.